The van der Waals surface area contributed by atoms with Crippen molar-refractivity contribution in [2.75, 3.05) is 38.5 Å². The molecule has 0 unspecified atom stereocenters. The SMILES string of the molecule is COc1ccc2c(c1)C(c1ccc(O)cc1)=N[C@@H](CC(=O)NCC(=O)NCCS(C)(C)O)c1nnc(C)n1-2. The molecule has 11 nitrogen and oxygen atoms in total. The third-order valence-electron chi connectivity index (χ3n) is 6.02. The van der Waals surface area contributed by atoms with Gasteiger partial charge in [-0.25, -0.2) is 0 Å². The maximum atomic E-state index is 12.9. The lowest BCUT2D eigenvalue weighted by atomic mass is 9.99. The van der Waals surface area contributed by atoms with Crippen LogP contribution in [0.2, 0.25) is 0 Å². The largest absolute Gasteiger partial charge is 0.508 e. The van der Waals surface area contributed by atoms with E-state index < -0.39 is 16.4 Å². The van der Waals surface area contributed by atoms with Crippen LogP contribution >= 0.6 is 10.3 Å². The molecule has 0 fully saturated rings. The minimum Gasteiger partial charge on any atom is -0.508 e. The zero-order chi connectivity index (χ0) is 27.4. The quantitative estimate of drug-likeness (QED) is 0.325. The van der Waals surface area contributed by atoms with E-state index in [2.05, 4.69) is 20.8 Å². The van der Waals surface area contributed by atoms with E-state index in [1.165, 1.54) is 0 Å². The molecule has 1 aromatic heterocycles. The van der Waals surface area contributed by atoms with Crippen molar-refractivity contribution in [3.8, 4) is 17.2 Å². The van der Waals surface area contributed by atoms with E-state index in [1.807, 2.05) is 29.7 Å². The van der Waals surface area contributed by atoms with Crippen LogP contribution in [0.25, 0.3) is 5.69 Å². The second-order valence-corrected chi connectivity index (χ2v) is 12.7. The topological polar surface area (TPSA) is 151 Å². The van der Waals surface area contributed by atoms with Crippen molar-refractivity contribution in [3.63, 3.8) is 0 Å². The fourth-order valence-corrected chi connectivity index (χ4v) is 4.72. The van der Waals surface area contributed by atoms with Gasteiger partial charge in [0.1, 0.15) is 23.4 Å². The summed E-state index contributed by atoms with van der Waals surface area (Å²) in [5, 5.41) is 23.8. The minimum atomic E-state index is -1.71. The van der Waals surface area contributed by atoms with Gasteiger partial charge in [-0.05, 0) is 61.9 Å². The molecule has 38 heavy (non-hydrogen) atoms. The number of nitrogens with zero attached hydrogens (tertiary/aromatic N) is 4. The van der Waals surface area contributed by atoms with Crippen molar-refractivity contribution >= 4 is 27.8 Å². The molecule has 3 aromatic rings. The molecule has 1 atom stereocenters. The summed E-state index contributed by atoms with van der Waals surface area (Å²) < 4.78 is 17.2. The van der Waals surface area contributed by atoms with Gasteiger partial charge >= 0.3 is 0 Å². The van der Waals surface area contributed by atoms with E-state index in [0.29, 0.717) is 35.4 Å². The van der Waals surface area contributed by atoms with Crippen LogP contribution in [0.5, 0.6) is 11.5 Å². The van der Waals surface area contributed by atoms with Crippen LogP contribution in [0.15, 0.2) is 47.5 Å². The van der Waals surface area contributed by atoms with Gasteiger partial charge in [0.05, 0.1) is 31.5 Å². The molecule has 0 radical (unpaired) electrons. The van der Waals surface area contributed by atoms with Crippen LogP contribution in [0.4, 0.5) is 0 Å². The number of carbonyl (C=O) groups excluding carboxylic acids is 2. The fourth-order valence-electron chi connectivity index (χ4n) is 4.12. The summed E-state index contributed by atoms with van der Waals surface area (Å²) in [6, 6.07) is 11.6. The zero-order valence-corrected chi connectivity index (χ0v) is 22.6. The Bertz CT molecular complexity index is 1360. The average Bonchev–Trinajstić information content (AvgIpc) is 3.19. The minimum absolute atomic E-state index is 0.0636. The summed E-state index contributed by atoms with van der Waals surface area (Å²) in [4.78, 5) is 30.1. The molecule has 1 aliphatic heterocycles. The third-order valence-corrected chi connectivity index (χ3v) is 7.23. The van der Waals surface area contributed by atoms with Crippen molar-refractivity contribution in [3.05, 3.63) is 65.2 Å². The van der Waals surface area contributed by atoms with E-state index in [-0.39, 0.29) is 30.5 Å². The fraction of sp³-hybridized carbons (Fsp3) is 0.346. The van der Waals surface area contributed by atoms with Gasteiger partial charge in [-0.1, -0.05) is 0 Å². The first-order valence-electron chi connectivity index (χ1n) is 12.0. The Hall–Kier alpha value is -3.90. The van der Waals surface area contributed by atoms with Crippen molar-refractivity contribution in [1.82, 2.24) is 25.4 Å². The number of hydrogen-bond acceptors (Lipinski definition) is 8. The molecule has 12 heteroatoms. The van der Waals surface area contributed by atoms with Crippen LogP contribution in [0.3, 0.4) is 0 Å². The Morgan fingerprint density at radius 1 is 1.08 bits per heavy atom. The molecule has 0 spiro atoms. The van der Waals surface area contributed by atoms with Crippen molar-refractivity contribution in [2.24, 2.45) is 4.99 Å². The van der Waals surface area contributed by atoms with Gasteiger partial charge in [0.15, 0.2) is 5.82 Å². The Balaban J connectivity index is 1.63. The summed E-state index contributed by atoms with van der Waals surface area (Å²) in [5.74, 6) is 1.65. The highest BCUT2D eigenvalue weighted by Crippen LogP contribution is 2.34. The summed E-state index contributed by atoms with van der Waals surface area (Å²) in [6.07, 6.45) is 3.43. The number of fused-ring (bicyclic) bond motifs is 3. The number of aromatic nitrogens is 3. The number of ether oxygens (including phenoxy) is 1. The number of aromatic hydroxyl groups is 1. The van der Waals surface area contributed by atoms with Gasteiger partial charge in [0.25, 0.3) is 0 Å². The highest BCUT2D eigenvalue weighted by atomic mass is 32.3. The normalized spacial score (nSPS) is 15.0. The van der Waals surface area contributed by atoms with Crippen molar-refractivity contribution < 1.29 is 24.0 Å². The number of aliphatic imine (C=N–C) groups is 1. The Labute approximate surface area is 222 Å². The maximum absolute atomic E-state index is 12.9. The molecule has 202 valence electrons. The van der Waals surface area contributed by atoms with Gasteiger partial charge in [-0.2, -0.15) is 0 Å². The first-order valence-corrected chi connectivity index (χ1v) is 14.6. The Kier molecular flexibility index (Phi) is 8.02. The number of amides is 2. The van der Waals surface area contributed by atoms with Crippen molar-refractivity contribution in [2.45, 2.75) is 19.4 Å². The van der Waals surface area contributed by atoms with Gasteiger partial charge < -0.3 is 25.0 Å². The molecule has 2 aromatic carbocycles. The molecular formula is C26H32N6O5S. The molecule has 0 saturated heterocycles. The number of methoxy groups -OCH3 is 1. The number of rotatable bonds is 9. The highest BCUT2D eigenvalue weighted by molar-refractivity contribution is 8.28. The zero-order valence-electron chi connectivity index (χ0n) is 21.8. The Morgan fingerprint density at radius 3 is 2.50 bits per heavy atom. The number of aryl methyl sites for hydroxylation is 1. The number of hydrogen-bond donors (Lipinski definition) is 4. The molecule has 0 aliphatic carbocycles. The molecular weight excluding hydrogens is 508 g/mol. The van der Waals surface area contributed by atoms with Gasteiger partial charge in [0.2, 0.25) is 11.8 Å². The number of carbonyl (C=O) groups is 2. The lowest BCUT2D eigenvalue weighted by Crippen LogP contribution is -2.38. The second-order valence-electron chi connectivity index (χ2n) is 9.38. The second kappa shape index (κ2) is 11.2. The maximum Gasteiger partial charge on any atom is 0.239 e. The lowest BCUT2D eigenvalue weighted by molar-refractivity contribution is -0.126. The number of phenolic OH excluding ortho intramolecular Hbond substituents is 1. The summed E-state index contributed by atoms with van der Waals surface area (Å²) >= 11 is 0. The monoisotopic (exact) mass is 540 g/mol. The van der Waals surface area contributed by atoms with E-state index >= 15 is 0 Å². The molecule has 4 N–H and O–H groups in total. The van der Waals surface area contributed by atoms with E-state index in [9.17, 15) is 19.2 Å². The predicted molar refractivity (Wildman–Crippen MR) is 147 cm³/mol. The average molecular weight is 541 g/mol. The van der Waals surface area contributed by atoms with Crippen LogP contribution in [0.1, 0.15) is 35.2 Å². The first-order chi connectivity index (χ1) is 18.1. The number of nitrogens with one attached hydrogen (secondary N) is 2. The molecule has 1 aliphatic rings. The standard InChI is InChI=1S/C26H32N6O5S/c1-16-30-31-26-21(14-23(34)28-15-24(35)27-11-12-38(3,4)36)29-25(17-5-7-18(33)8-6-17)20-13-19(37-2)9-10-22(20)32(16)26/h5-10,13,21,33,36H,11-12,14-15H2,1-4H3,(H,27,35)(H,28,34)/t21-/m0/s1. The van der Waals surface area contributed by atoms with Gasteiger partial charge in [0, 0.05) is 23.4 Å². The summed E-state index contributed by atoms with van der Waals surface area (Å²) in [7, 11) is -0.128. The molecule has 4 rings (SSSR count). The molecule has 0 saturated carbocycles. The number of phenols is 1. The lowest BCUT2D eigenvalue weighted by Gasteiger charge is -2.23. The van der Waals surface area contributed by atoms with Crippen LogP contribution in [-0.2, 0) is 9.59 Å². The summed E-state index contributed by atoms with van der Waals surface area (Å²) in [5.41, 5.74) is 2.89. The smallest absolute Gasteiger partial charge is 0.239 e. The van der Waals surface area contributed by atoms with Crippen molar-refractivity contribution in [1.29, 1.82) is 0 Å². The van der Waals surface area contributed by atoms with Crippen LogP contribution < -0.4 is 15.4 Å². The molecule has 2 amide bonds. The summed E-state index contributed by atoms with van der Waals surface area (Å²) in [6.45, 7) is 1.97. The van der Waals surface area contributed by atoms with Gasteiger partial charge in [-0.3, -0.25) is 19.1 Å². The van der Waals surface area contributed by atoms with Gasteiger partial charge in [-0.15, -0.1) is 20.5 Å². The first kappa shape index (κ1) is 27.1. The molecule has 0 bridgehead atoms. The highest BCUT2D eigenvalue weighted by Gasteiger charge is 2.30. The molecule has 2 heterocycles. The predicted octanol–water partition coefficient (Wildman–Crippen LogP) is 2.34. The van der Waals surface area contributed by atoms with E-state index in [0.717, 1.165) is 16.8 Å². The number of benzene rings is 2. The van der Waals surface area contributed by atoms with Crippen LogP contribution in [0, 0.1) is 6.92 Å². The van der Waals surface area contributed by atoms with E-state index in [1.54, 1.807) is 43.9 Å². The Morgan fingerprint density at radius 2 is 1.82 bits per heavy atom. The van der Waals surface area contributed by atoms with Crippen LogP contribution in [-0.4, -0.2) is 80.4 Å². The van der Waals surface area contributed by atoms with E-state index in [4.69, 9.17) is 9.73 Å². The third kappa shape index (κ3) is 6.32.